The Morgan fingerprint density at radius 1 is 0.963 bits per heavy atom. The van der Waals surface area contributed by atoms with Gasteiger partial charge >= 0.3 is 0 Å². The van der Waals surface area contributed by atoms with Crippen LogP contribution in [-0.4, -0.2) is 17.5 Å². The van der Waals surface area contributed by atoms with Crippen LogP contribution < -0.4 is 10.1 Å². The summed E-state index contributed by atoms with van der Waals surface area (Å²) in [6.45, 7) is -0.0143. The third-order valence-corrected chi connectivity index (χ3v) is 4.84. The Morgan fingerprint density at radius 3 is 2.63 bits per heavy atom. The van der Waals surface area contributed by atoms with E-state index in [1.54, 1.807) is 6.20 Å². The van der Waals surface area contributed by atoms with E-state index >= 15 is 0 Å². The standard InChI is InChI=1S/C23H22N2O2/c26-23(16-27-22-14-15-24-20-12-6-5-11-19(20)22)25-21-13-7-4-10-18(21)17-8-2-1-3-9-17/h1-4,7-10,13-15H,5-6,11-12,16H2,(H,25,26). The Kier molecular flexibility index (Phi) is 5.15. The van der Waals surface area contributed by atoms with Crippen LogP contribution in [0.4, 0.5) is 5.69 Å². The molecule has 3 aromatic rings. The molecular formula is C23H22N2O2. The fraction of sp³-hybridized carbons (Fsp3) is 0.217. The van der Waals surface area contributed by atoms with Gasteiger partial charge < -0.3 is 10.1 Å². The highest BCUT2D eigenvalue weighted by molar-refractivity contribution is 5.96. The van der Waals surface area contributed by atoms with Gasteiger partial charge in [0.25, 0.3) is 5.91 Å². The number of anilines is 1. The molecule has 0 radical (unpaired) electrons. The maximum Gasteiger partial charge on any atom is 0.262 e. The van der Waals surface area contributed by atoms with Crippen LogP contribution in [0, 0.1) is 0 Å². The second kappa shape index (κ2) is 8.04. The van der Waals surface area contributed by atoms with Gasteiger partial charge in [-0.15, -0.1) is 0 Å². The summed E-state index contributed by atoms with van der Waals surface area (Å²) in [6.07, 6.45) is 6.04. The first-order valence-corrected chi connectivity index (χ1v) is 9.35. The molecule has 27 heavy (non-hydrogen) atoms. The number of benzene rings is 2. The zero-order chi connectivity index (χ0) is 18.5. The van der Waals surface area contributed by atoms with Gasteiger partial charge in [-0.3, -0.25) is 9.78 Å². The number of carbonyl (C=O) groups is 1. The number of pyridine rings is 1. The molecule has 1 amide bonds. The van der Waals surface area contributed by atoms with E-state index in [1.807, 2.05) is 60.7 Å². The van der Waals surface area contributed by atoms with Crippen molar-refractivity contribution in [3.8, 4) is 16.9 Å². The number of hydrogen-bond donors (Lipinski definition) is 1. The zero-order valence-corrected chi connectivity index (χ0v) is 15.2. The lowest BCUT2D eigenvalue weighted by molar-refractivity contribution is -0.118. The van der Waals surface area contributed by atoms with Crippen molar-refractivity contribution in [2.45, 2.75) is 25.7 Å². The van der Waals surface area contributed by atoms with E-state index in [4.69, 9.17) is 4.74 Å². The Balaban J connectivity index is 1.46. The van der Waals surface area contributed by atoms with Crippen LogP contribution in [0.3, 0.4) is 0 Å². The molecule has 0 fully saturated rings. The van der Waals surface area contributed by atoms with Crippen molar-refractivity contribution >= 4 is 11.6 Å². The summed E-state index contributed by atoms with van der Waals surface area (Å²) >= 11 is 0. The Hall–Kier alpha value is -3.14. The number of aromatic nitrogens is 1. The largest absolute Gasteiger partial charge is 0.483 e. The molecule has 1 aliphatic rings. The van der Waals surface area contributed by atoms with Crippen molar-refractivity contribution in [1.29, 1.82) is 0 Å². The normalized spacial score (nSPS) is 12.9. The lowest BCUT2D eigenvalue weighted by atomic mass is 9.95. The van der Waals surface area contributed by atoms with Crippen molar-refractivity contribution in [3.05, 3.63) is 78.1 Å². The van der Waals surface area contributed by atoms with E-state index in [2.05, 4.69) is 10.3 Å². The van der Waals surface area contributed by atoms with Crippen LogP contribution in [0.5, 0.6) is 5.75 Å². The van der Waals surface area contributed by atoms with Gasteiger partial charge in [0.2, 0.25) is 0 Å². The molecule has 1 aromatic heterocycles. The molecule has 0 saturated heterocycles. The summed E-state index contributed by atoms with van der Waals surface area (Å²) < 4.78 is 5.83. The molecule has 4 heteroatoms. The highest BCUT2D eigenvalue weighted by atomic mass is 16.5. The average molecular weight is 358 g/mol. The first-order valence-electron chi connectivity index (χ1n) is 9.35. The van der Waals surface area contributed by atoms with E-state index in [9.17, 15) is 4.79 Å². The number of ether oxygens (including phenoxy) is 1. The number of rotatable bonds is 5. The monoisotopic (exact) mass is 358 g/mol. The lowest BCUT2D eigenvalue weighted by Crippen LogP contribution is -2.21. The van der Waals surface area contributed by atoms with Crippen molar-refractivity contribution in [1.82, 2.24) is 4.98 Å². The Bertz CT molecular complexity index is 938. The molecule has 136 valence electrons. The van der Waals surface area contributed by atoms with Gasteiger partial charge in [-0.1, -0.05) is 48.5 Å². The molecular weight excluding hydrogens is 336 g/mol. The molecule has 2 aromatic carbocycles. The van der Waals surface area contributed by atoms with Gasteiger partial charge in [-0.25, -0.2) is 0 Å². The van der Waals surface area contributed by atoms with Crippen LogP contribution in [0.25, 0.3) is 11.1 Å². The summed E-state index contributed by atoms with van der Waals surface area (Å²) in [7, 11) is 0. The second-order valence-electron chi connectivity index (χ2n) is 6.69. The third-order valence-electron chi connectivity index (χ3n) is 4.84. The van der Waals surface area contributed by atoms with E-state index in [0.29, 0.717) is 0 Å². The maximum atomic E-state index is 12.5. The van der Waals surface area contributed by atoms with Crippen molar-refractivity contribution in [3.63, 3.8) is 0 Å². The quantitative estimate of drug-likeness (QED) is 0.722. The summed E-state index contributed by atoms with van der Waals surface area (Å²) in [4.78, 5) is 16.9. The number of hydrogen-bond acceptors (Lipinski definition) is 3. The molecule has 1 aliphatic carbocycles. The number of nitrogens with zero attached hydrogens (tertiary/aromatic N) is 1. The SMILES string of the molecule is O=C(COc1ccnc2c1CCCC2)Nc1ccccc1-c1ccccc1. The number of aryl methyl sites for hydroxylation is 1. The van der Waals surface area contributed by atoms with Crippen molar-refractivity contribution < 1.29 is 9.53 Å². The molecule has 1 N–H and O–H groups in total. The van der Waals surface area contributed by atoms with Crippen molar-refractivity contribution in [2.75, 3.05) is 11.9 Å². The van der Waals surface area contributed by atoms with E-state index in [0.717, 1.165) is 53.1 Å². The summed E-state index contributed by atoms with van der Waals surface area (Å²) in [5, 5.41) is 2.98. The number of nitrogens with one attached hydrogen (secondary N) is 1. The fourth-order valence-corrected chi connectivity index (χ4v) is 3.52. The lowest BCUT2D eigenvalue weighted by Gasteiger charge is -2.18. The molecule has 4 rings (SSSR count). The minimum atomic E-state index is -0.167. The summed E-state index contributed by atoms with van der Waals surface area (Å²) in [5.41, 5.74) is 5.11. The smallest absolute Gasteiger partial charge is 0.262 e. The van der Waals surface area contributed by atoms with E-state index < -0.39 is 0 Å². The second-order valence-corrected chi connectivity index (χ2v) is 6.69. The molecule has 0 aliphatic heterocycles. The van der Waals surface area contributed by atoms with Gasteiger partial charge in [0.15, 0.2) is 6.61 Å². The van der Waals surface area contributed by atoms with Crippen LogP contribution >= 0.6 is 0 Å². The number of carbonyl (C=O) groups excluding carboxylic acids is 1. The van der Waals surface area contributed by atoms with Gasteiger partial charge in [0, 0.05) is 28.7 Å². The first kappa shape index (κ1) is 17.3. The Morgan fingerprint density at radius 2 is 1.74 bits per heavy atom. The molecule has 0 atom stereocenters. The van der Waals surface area contributed by atoms with E-state index in [1.165, 1.54) is 6.42 Å². The van der Waals surface area contributed by atoms with Gasteiger partial charge in [-0.2, -0.15) is 0 Å². The number of para-hydroxylation sites is 1. The van der Waals surface area contributed by atoms with Crippen LogP contribution in [0.2, 0.25) is 0 Å². The molecule has 1 heterocycles. The topological polar surface area (TPSA) is 51.2 Å². The summed E-state index contributed by atoms with van der Waals surface area (Å²) in [6, 6.07) is 19.7. The fourth-order valence-electron chi connectivity index (χ4n) is 3.52. The van der Waals surface area contributed by atoms with Crippen LogP contribution in [0.15, 0.2) is 66.9 Å². The summed E-state index contributed by atoms with van der Waals surface area (Å²) in [5.74, 6) is 0.617. The highest BCUT2D eigenvalue weighted by Gasteiger charge is 2.16. The van der Waals surface area contributed by atoms with Gasteiger partial charge in [0.05, 0.1) is 0 Å². The van der Waals surface area contributed by atoms with E-state index in [-0.39, 0.29) is 12.5 Å². The Labute approximate surface area is 159 Å². The highest BCUT2D eigenvalue weighted by Crippen LogP contribution is 2.29. The molecule has 0 spiro atoms. The number of fused-ring (bicyclic) bond motifs is 1. The minimum absolute atomic E-state index is 0.0143. The molecule has 0 bridgehead atoms. The molecule has 0 saturated carbocycles. The van der Waals surface area contributed by atoms with Crippen LogP contribution in [0.1, 0.15) is 24.1 Å². The number of amides is 1. The minimum Gasteiger partial charge on any atom is -0.483 e. The third kappa shape index (κ3) is 4.00. The first-order chi connectivity index (χ1) is 13.3. The zero-order valence-electron chi connectivity index (χ0n) is 15.2. The predicted molar refractivity (Wildman–Crippen MR) is 107 cm³/mol. The van der Waals surface area contributed by atoms with Gasteiger partial charge in [-0.05, 0) is 43.4 Å². The van der Waals surface area contributed by atoms with Crippen LogP contribution in [-0.2, 0) is 17.6 Å². The molecule has 0 unspecified atom stereocenters. The average Bonchev–Trinajstić information content (AvgIpc) is 2.73. The van der Waals surface area contributed by atoms with Crippen molar-refractivity contribution in [2.24, 2.45) is 0 Å². The maximum absolute atomic E-state index is 12.5. The molecule has 4 nitrogen and oxygen atoms in total. The van der Waals surface area contributed by atoms with Gasteiger partial charge in [0.1, 0.15) is 5.75 Å². The predicted octanol–water partition coefficient (Wildman–Crippen LogP) is 4.64.